The van der Waals surface area contributed by atoms with Crippen LogP contribution < -0.4 is 9.47 Å². The summed E-state index contributed by atoms with van der Waals surface area (Å²) in [7, 11) is 1.58. The van der Waals surface area contributed by atoms with E-state index in [9.17, 15) is 9.59 Å². The summed E-state index contributed by atoms with van der Waals surface area (Å²) in [5.74, 6) is -0.439. The van der Waals surface area contributed by atoms with Crippen LogP contribution in [0.1, 0.15) is 23.1 Å². The Labute approximate surface area is 158 Å². The molecule has 0 spiro atoms. The van der Waals surface area contributed by atoms with Gasteiger partial charge in [0, 0.05) is 31.1 Å². The van der Waals surface area contributed by atoms with Crippen LogP contribution in [-0.2, 0) is 22.7 Å². The van der Waals surface area contributed by atoms with E-state index in [0.29, 0.717) is 24.7 Å². The van der Waals surface area contributed by atoms with E-state index in [1.54, 1.807) is 18.1 Å². The van der Waals surface area contributed by atoms with E-state index in [1.807, 2.05) is 43.3 Å². The van der Waals surface area contributed by atoms with Gasteiger partial charge in [0.15, 0.2) is 0 Å². The topological polar surface area (TPSA) is 76.1 Å². The number of nitrogens with zero attached hydrogens (tertiary/aromatic N) is 1. The van der Waals surface area contributed by atoms with Crippen LogP contribution in [0, 0.1) is 12.8 Å². The van der Waals surface area contributed by atoms with Gasteiger partial charge in [-0.2, -0.15) is 0 Å². The highest BCUT2D eigenvalue weighted by Gasteiger charge is 2.34. The van der Waals surface area contributed by atoms with Crippen LogP contribution >= 0.6 is 0 Å². The Morgan fingerprint density at radius 2 is 2.00 bits per heavy atom. The molecule has 1 N–H and O–H groups in total. The average molecular weight is 369 g/mol. The minimum Gasteiger partial charge on any atom is -0.497 e. The predicted molar refractivity (Wildman–Crippen MR) is 99.7 cm³/mol. The number of aryl methyl sites for hydroxylation is 1. The maximum Gasteiger partial charge on any atom is 0.308 e. The number of carbonyl (C=O) groups excluding carboxylic acids is 1. The molecule has 3 rings (SSSR count). The minimum absolute atomic E-state index is 0.0465. The first kappa shape index (κ1) is 18.8. The maximum absolute atomic E-state index is 12.1. The van der Waals surface area contributed by atoms with Gasteiger partial charge >= 0.3 is 5.97 Å². The fraction of sp³-hybridized carbons (Fsp3) is 0.333. The molecule has 1 saturated heterocycles. The maximum atomic E-state index is 12.1. The van der Waals surface area contributed by atoms with Crippen LogP contribution in [0.4, 0.5) is 0 Å². The number of benzene rings is 2. The third-order valence-electron chi connectivity index (χ3n) is 4.84. The van der Waals surface area contributed by atoms with Gasteiger partial charge in [-0.05, 0) is 30.2 Å². The monoisotopic (exact) mass is 369 g/mol. The van der Waals surface area contributed by atoms with Gasteiger partial charge in [-0.1, -0.05) is 24.3 Å². The summed E-state index contributed by atoms with van der Waals surface area (Å²) in [4.78, 5) is 24.9. The van der Waals surface area contributed by atoms with Crippen molar-refractivity contribution < 1.29 is 24.2 Å². The van der Waals surface area contributed by atoms with Crippen molar-refractivity contribution in [2.24, 2.45) is 5.92 Å². The van der Waals surface area contributed by atoms with Crippen LogP contribution in [0.3, 0.4) is 0 Å². The lowest BCUT2D eigenvalue weighted by molar-refractivity contribution is -0.141. The van der Waals surface area contributed by atoms with Crippen LogP contribution in [-0.4, -0.2) is 35.5 Å². The van der Waals surface area contributed by atoms with E-state index in [1.165, 1.54) is 0 Å². The van der Waals surface area contributed by atoms with Gasteiger partial charge < -0.3 is 19.5 Å². The number of hydrogen-bond acceptors (Lipinski definition) is 4. The number of methoxy groups -OCH3 is 1. The molecule has 1 heterocycles. The zero-order valence-corrected chi connectivity index (χ0v) is 15.5. The molecule has 2 aromatic carbocycles. The predicted octanol–water partition coefficient (Wildman–Crippen LogP) is 3.02. The first-order valence-electron chi connectivity index (χ1n) is 8.82. The molecule has 1 amide bonds. The Bertz CT molecular complexity index is 848. The van der Waals surface area contributed by atoms with E-state index in [2.05, 4.69) is 0 Å². The van der Waals surface area contributed by atoms with E-state index in [4.69, 9.17) is 14.6 Å². The standard InChI is InChI=1S/C21H23NO5/c1-14-5-3-4-6-16(14)13-27-19-10-18(26-2)8-7-15(19)11-22-12-17(21(24)25)9-20(22)23/h3-8,10,17H,9,11-13H2,1-2H3,(H,24,25). The second kappa shape index (κ2) is 8.12. The molecule has 0 bridgehead atoms. The third kappa shape index (κ3) is 4.39. The zero-order chi connectivity index (χ0) is 19.4. The molecule has 1 aliphatic heterocycles. The number of carbonyl (C=O) groups is 2. The molecule has 0 saturated carbocycles. The number of rotatable bonds is 7. The highest BCUT2D eigenvalue weighted by molar-refractivity contribution is 5.86. The van der Waals surface area contributed by atoms with Crippen LogP contribution in [0.25, 0.3) is 0 Å². The molecule has 0 aliphatic carbocycles. The fourth-order valence-electron chi connectivity index (χ4n) is 3.15. The number of amides is 1. The number of likely N-dealkylation sites (tertiary alicyclic amines) is 1. The van der Waals surface area contributed by atoms with Gasteiger partial charge in [-0.3, -0.25) is 9.59 Å². The van der Waals surface area contributed by atoms with E-state index < -0.39 is 11.9 Å². The second-order valence-corrected chi connectivity index (χ2v) is 6.70. The Balaban J connectivity index is 1.78. The SMILES string of the molecule is COc1ccc(CN2CC(C(=O)O)CC2=O)c(OCc2ccccc2C)c1. The van der Waals surface area contributed by atoms with Crippen LogP contribution in [0.2, 0.25) is 0 Å². The zero-order valence-electron chi connectivity index (χ0n) is 15.5. The lowest BCUT2D eigenvalue weighted by Gasteiger charge is -2.19. The molecule has 6 nitrogen and oxygen atoms in total. The molecule has 27 heavy (non-hydrogen) atoms. The fourth-order valence-corrected chi connectivity index (χ4v) is 3.15. The Morgan fingerprint density at radius 3 is 2.67 bits per heavy atom. The van der Waals surface area contributed by atoms with Crippen LogP contribution in [0.15, 0.2) is 42.5 Å². The summed E-state index contributed by atoms with van der Waals surface area (Å²) in [6, 6.07) is 13.4. The molecular formula is C21H23NO5. The Kier molecular flexibility index (Phi) is 5.64. The van der Waals surface area contributed by atoms with E-state index >= 15 is 0 Å². The molecule has 1 unspecified atom stereocenters. The third-order valence-corrected chi connectivity index (χ3v) is 4.84. The Morgan fingerprint density at radius 1 is 1.22 bits per heavy atom. The van der Waals surface area contributed by atoms with Gasteiger partial charge in [-0.25, -0.2) is 0 Å². The molecule has 2 aromatic rings. The first-order chi connectivity index (χ1) is 13.0. The molecule has 1 fully saturated rings. The van der Waals surface area contributed by atoms with Crippen LogP contribution in [0.5, 0.6) is 11.5 Å². The van der Waals surface area contributed by atoms with Crippen molar-refractivity contribution in [2.45, 2.75) is 26.5 Å². The summed E-state index contributed by atoms with van der Waals surface area (Å²) >= 11 is 0. The first-order valence-corrected chi connectivity index (χ1v) is 8.82. The molecule has 1 aliphatic rings. The molecule has 6 heteroatoms. The minimum atomic E-state index is -0.934. The summed E-state index contributed by atoms with van der Waals surface area (Å²) < 4.78 is 11.3. The summed E-state index contributed by atoms with van der Waals surface area (Å²) in [6.45, 7) is 2.96. The van der Waals surface area contributed by atoms with Crippen molar-refractivity contribution in [3.63, 3.8) is 0 Å². The average Bonchev–Trinajstić information content (AvgIpc) is 3.03. The summed E-state index contributed by atoms with van der Waals surface area (Å²) in [6.07, 6.45) is 0.0465. The quantitative estimate of drug-likeness (QED) is 0.812. The Hall–Kier alpha value is -3.02. The molecule has 1 atom stereocenters. The van der Waals surface area contributed by atoms with Gasteiger partial charge in [0.25, 0.3) is 0 Å². The van der Waals surface area contributed by atoms with Gasteiger partial charge in [0.1, 0.15) is 18.1 Å². The molecule has 0 aromatic heterocycles. The molecule has 0 radical (unpaired) electrons. The number of carboxylic acid groups (broad SMARTS) is 1. The van der Waals surface area contributed by atoms with E-state index in [-0.39, 0.29) is 18.9 Å². The summed E-state index contributed by atoms with van der Waals surface area (Å²) in [5.41, 5.74) is 3.04. The lowest BCUT2D eigenvalue weighted by Crippen LogP contribution is -2.26. The van der Waals surface area contributed by atoms with Crippen molar-refractivity contribution in [3.05, 3.63) is 59.2 Å². The number of ether oxygens (including phenoxy) is 2. The van der Waals surface area contributed by atoms with Gasteiger partial charge in [0.2, 0.25) is 5.91 Å². The molecular weight excluding hydrogens is 346 g/mol. The second-order valence-electron chi connectivity index (χ2n) is 6.70. The molecule has 142 valence electrons. The van der Waals surface area contributed by atoms with Crippen molar-refractivity contribution in [1.82, 2.24) is 4.90 Å². The van der Waals surface area contributed by atoms with Crippen molar-refractivity contribution in [1.29, 1.82) is 0 Å². The lowest BCUT2D eigenvalue weighted by atomic mass is 10.1. The van der Waals surface area contributed by atoms with Gasteiger partial charge in [0.05, 0.1) is 13.0 Å². The smallest absolute Gasteiger partial charge is 0.308 e. The van der Waals surface area contributed by atoms with Crippen molar-refractivity contribution in [2.75, 3.05) is 13.7 Å². The largest absolute Gasteiger partial charge is 0.497 e. The highest BCUT2D eigenvalue weighted by atomic mass is 16.5. The number of aliphatic carboxylic acids is 1. The van der Waals surface area contributed by atoms with Gasteiger partial charge in [-0.15, -0.1) is 0 Å². The van der Waals surface area contributed by atoms with E-state index in [0.717, 1.165) is 16.7 Å². The summed E-state index contributed by atoms with van der Waals surface area (Å²) in [5, 5.41) is 9.15. The number of carboxylic acids is 1. The van der Waals surface area contributed by atoms with Crippen molar-refractivity contribution >= 4 is 11.9 Å². The number of hydrogen-bond donors (Lipinski definition) is 1. The highest BCUT2D eigenvalue weighted by Crippen LogP contribution is 2.29. The van der Waals surface area contributed by atoms with Crippen molar-refractivity contribution in [3.8, 4) is 11.5 Å². The normalized spacial score (nSPS) is 16.4.